The number of aromatic nitrogens is 1. The first-order chi connectivity index (χ1) is 7.42. The molecule has 0 radical (unpaired) electrons. The molecule has 17 heavy (non-hydrogen) atoms. The minimum atomic E-state index is -0.608. The lowest BCUT2D eigenvalue weighted by Crippen LogP contribution is -2.27. The van der Waals surface area contributed by atoms with Crippen molar-refractivity contribution in [2.75, 3.05) is 5.32 Å². The van der Waals surface area contributed by atoms with E-state index in [0.717, 1.165) is 0 Å². The fraction of sp³-hybridized carbons (Fsp3) is 0.364. The molecular weight excluding hydrogens is 244 g/mol. The van der Waals surface area contributed by atoms with Gasteiger partial charge in [0.15, 0.2) is 6.29 Å². The Morgan fingerprint density at radius 2 is 2.12 bits per heavy atom. The van der Waals surface area contributed by atoms with Crippen LogP contribution in [0, 0.1) is 0 Å². The van der Waals surface area contributed by atoms with E-state index in [1.807, 2.05) is 0 Å². The zero-order valence-corrected chi connectivity index (χ0v) is 10.7. The van der Waals surface area contributed by atoms with Crippen LogP contribution >= 0.6 is 12.4 Å². The lowest BCUT2D eigenvalue weighted by molar-refractivity contribution is 0.0636. The molecule has 94 valence electrons. The third-order valence-electron chi connectivity index (χ3n) is 1.59. The van der Waals surface area contributed by atoms with Gasteiger partial charge in [-0.15, -0.1) is 12.4 Å². The standard InChI is InChI=1S/C11H14N2O3.ClH/c1-11(2,3)16-10(15)13-8-5-4-6-12-9(8)7-14;/h4-7H,1-3H3,(H,13,15);1H. The number of halogens is 1. The van der Waals surface area contributed by atoms with Crippen molar-refractivity contribution >= 4 is 30.5 Å². The number of nitrogens with one attached hydrogen (secondary N) is 1. The number of ether oxygens (including phenoxy) is 1. The Labute approximate surface area is 106 Å². The summed E-state index contributed by atoms with van der Waals surface area (Å²) in [4.78, 5) is 25.9. The minimum absolute atomic E-state index is 0. The highest BCUT2D eigenvalue weighted by Crippen LogP contribution is 2.13. The van der Waals surface area contributed by atoms with Crippen molar-refractivity contribution in [2.45, 2.75) is 26.4 Å². The predicted octanol–water partition coefficient (Wildman–Crippen LogP) is 2.66. The summed E-state index contributed by atoms with van der Waals surface area (Å²) in [6.07, 6.45) is 1.44. The Morgan fingerprint density at radius 1 is 1.47 bits per heavy atom. The van der Waals surface area contributed by atoms with Crippen molar-refractivity contribution in [3.63, 3.8) is 0 Å². The Morgan fingerprint density at radius 3 is 2.65 bits per heavy atom. The molecule has 0 unspecified atom stereocenters. The van der Waals surface area contributed by atoms with Gasteiger partial charge in [-0.1, -0.05) is 0 Å². The van der Waals surface area contributed by atoms with Crippen molar-refractivity contribution in [3.05, 3.63) is 24.0 Å². The van der Waals surface area contributed by atoms with Crippen LogP contribution in [-0.4, -0.2) is 23.0 Å². The number of hydrogen-bond donors (Lipinski definition) is 1. The summed E-state index contributed by atoms with van der Waals surface area (Å²) in [7, 11) is 0. The van der Waals surface area contributed by atoms with Crippen LogP contribution in [0.1, 0.15) is 31.3 Å². The van der Waals surface area contributed by atoms with Gasteiger partial charge in [0.25, 0.3) is 0 Å². The van der Waals surface area contributed by atoms with E-state index in [2.05, 4.69) is 10.3 Å². The first kappa shape index (κ1) is 15.4. The Hall–Kier alpha value is -1.62. The van der Waals surface area contributed by atoms with Gasteiger partial charge in [0.2, 0.25) is 0 Å². The molecule has 0 saturated heterocycles. The largest absolute Gasteiger partial charge is 0.444 e. The molecule has 0 fully saturated rings. The van der Waals surface area contributed by atoms with Gasteiger partial charge in [0, 0.05) is 6.20 Å². The second-order valence-electron chi connectivity index (χ2n) is 4.18. The maximum absolute atomic E-state index is 11.4. The second-order valence-corrected chi connectivity index (χ2v) is 4.18. The zero-order chi connectivity index (χ0) is 12.2. The van der Waals surface area contributed by atoms with Gasteiger partial charge >= 0.3 is 6.09 Å². The quantitative estimate of drug-likeness (QED) is 0.828. The Kier molecular flexibility index (Phi) is 5.61. The number of anilines is 1. The summed E-state index contributed by atoms with van der Waals surface area (Å²) < 4.78 is 5.05. The molecule has 1 N–H and O–H groups in total. The highest BCUT2D eigenvalue weighted by molar-refractivity contribution is 5.91. The van der Waals surface area contributed by atoms with Crippen LogP contribution in [0.25, 0.3) is 0 Å². The molecule has 0 aromatic carbocycles. The van der Waals surface area contributed by atoms with Crippen LogP contribution in [0.15, 0.2) is 18.3 Å². The van der Waals surface area contributed by atoms with Crippen LogP contribution in [0.5, 0.6) is 0 Å². The van der Waals surface area contributed by atoms with E-state index in [1.165, 1.54) is 6.20 Å². The molecular formula is C11H15ClN2O3. The third-order valence-corrected chi connectivity index (χ3v) is 1.59. The smallest absolute Gasteiger partial charge is 0.412 e. The fourth-order valence-electron chi connectivity index (χ4n) is 1.03. The normalized spacial score (nSPS) is 10.1. The minimum Gasteiger partial charge on any atom is -0.444 e. The lowest BCUT2D eigenvalue weighted by atomic mass is 10.2. The molecule has 1 rings (SSSR count). The van der Waals surface area contributed by atoms with E-state index in [1.54, 1.807) is 32.9 Å². The molecule has 1 aromatic rings. The lowest BCUT2D eigenvalue weighted by Gasteiger charge is -2.19. The third kappa shape index (κ3) is 5.31. The Bertz CT molecular complexity index is 402. The van der Waals surface area contributed by atoms with Gasteiger partial charge in [-0.2, -0.15) is 0 Å². The molecule has 5 nitrogen and oxygen atoms in total. The number of nitrogens with zero attached hydrogens (tertiary/aromatic N) is 1. The number of carbonyl (C=O) groups excluding carboxylic acids is 2. The zero-order valence-electron chi connectivity index (χ0n) is 9.89. The summed E-state index contributed by atoms with van der Waals surface area (Å²) >= 11 is 0. The van der Waals surface area contributed by atoms with Gasteiger partial charge in [0.05, 0.1) is 5.69 Å². The highest BCUT2D eigenvalue weighted by Gasteiger charge is 2.17. The fourth-order valence-corrected chi connectivity index (χ4v) is 1.03. The molecule has 1 aromatic heterocycles. The number of carbonyl (C=O) groups is 2. The topological polar surface area (TPSA) is 68.3 Å². The number of hydrogen-bond acceptors (Lipinski definition) is 4. The number of amides is 1. The molecule has 1 heterocycles. The summed E-state index contributed by atoms with van der Waals surface area (Å²) in [6.45, 7) is 5.28. The van der Waals surface area contributed by atoms with Crippen molar-refractivity contribution in [1.82, 2.24) is 4.98 Å². The summed E-state index contributed by atoms with van der Waals surface area (Å²) in [5, 5.41) is 2.46. The first-order valence-corrected chi connectivity index (χ1v) is 4.82. The van der Waals surface area contributed by atoms with Crippen LogP contribution < -0.4 is 5.32 Å². The van der Waals surface area contributed by atoms with Crippen LogP contribution in [0.4, 0.5) is 10.5 Å². The second kappa shape index (κ2) is 6.20. The van der Waals surface area contributed by atoms with E-state index in [9.17, 15) is 9.59 Å². The molecule has 0 bridgehead atoms. The maximum atomic E-state index is 11.4. The van der Waals surface area contributed by atoms with Crippen LogP contribution in [0.2, 0.25) is 0 Å². The van der Waals surface area contributed by atoms with Crippen molar-refractivity contribution in [2.24, 2.45) is 0 Å². The number of pyridine rings is 1. The molecule has 0 spiro atoms. The van der Waals surface area contributed by atoms with Gasteiger partial charge < -0.3 is 4.74 Å². The van der Waals surface area contributed by atoms with E-state index < -0.39 is 11.7 Å². The van der Waals surface area contributed by atoms with Crippen LogP contribution in [-0.2, 0) is 4.74 Å². The molecule has 0 aliphatic heterocycles. The van der Waals surface area contributed by atoms with Gasteiger partial charge in [-0.3, -0.25) is 15.1 Å². The SMILES string of the molecule is CC(C)(C)OC(=O)Nc1cccnc1C=O.Cl. The van der Waals surface area contributed by atoms with Gasteiger partial charge in [-0.25, -0.2) is 4.79 Å². The van der Waals surface area contributed by atoms with E-state index in [4.69, 9.17) is 4.74 Å². The Balaban J connectivity index is 0.00000256. The van der Waals surface area contributed by atoms with Crippen molar-refractivity contribution in [1.29, 1.82) is 0 Å². The number of aldehydes is 1. The van der Waals surface area contributed by atoms with E-state index >= 15 is 0 Å². The van der Waals surface area contributed by atoms with Crippen LogP contribution in [0.3, 0.4) is 0 Å². The molecule has 0 aliphatic carbocycles. The average Bonchev–Trinajstić information content (AvgIpc) is 2.15. The molecule has 0 saturated carbocycles. The molecule has 0 atom stereocenters. The molecule has 0 aliphatic rings. The maximum Gasteiger partial charge on any atom is 0.412 e. The monoisotopic (exact) mass is 258 g/mol. The van der Waals surface area contributed by atoms with E-state index in [-0.39, 0.29) is 18.1 Å². The number of rotatable bonds is 2. The highest BCUT2D eigenvalue weighted by atomic mass is 35.5. The summed E-state index contributed by atoms with van der Waals surface area (Å²) in [5.41, 5.74) is -0.0618. The summed E-state index contributed by atoms with van der Waals surface area (Å²) in [5.74, 6) is 0. The summed E-state index contributed by atoms with van der Waals surface area (Å²) in [6, 6.07) is 3.21. The van der Waals surface area contributed by atoms with E-state index in [0.29, 0.717) is 12.0 Å². The molecule has 1 amide bonds. The van der Waals surface area contributed by atoms with Gasteiger partial charge in [0.1, 0.15) is 11.3 Å². The molecule has 6 heteroatoms. The average molecular weight is 259 g/mol. The predicted molar refractivity (Wildman–Crippen MR) is 66.7 cm³/mol. The van der Waals surface area contributed by atoms with Gasteiger partial charge in [-0.05, 0) is 32.9 Å². The first-order valence-electron chi connectivity index (χ1n) is 4.82. The van der Waals surface area contributed by atoms with Crippen molar-refractivity contribution < 1.29 is 14.3 Å². The van der Waals surface area contributed by atoms with Crippen molar-refractivity contribution in [3.8, 4) is 0 Å².